The molecular formula is C11H22N2. The Morgan fingerprint density at radius 1 is 1.23 bits per heavy atom. The van der Waals surface area contributed by atoms with Crippen LogP contribution in [0.1, 0.15) is 40.0 Å². The molecule has 0 fully saturated rings. The van der Waals surface area contributed by atoms with Gasteiger partial charge in [-0.3, -0.25) is 0 Å². The van der Waals surface area contributed by atoms with E-state index in [0.29, 0.717) is 11.8 Å². The lowest BCUT2D eigenvalue weighted by Crippen LogP contribution is -2.30. The van der Waals surface area contributed by atoms with Gasteiger partial charge in [0.2, 0.25) is 0 Å². The lowest BCUT2D eigenvalue weighted by molar-refractivity contribution is 0.224. The van der Waals surface area contributed by atoms with Gasteiger partial charge in [-0.15, -0.1) is 0 Å². The SMILES string of the molecule is CN(CCCCC#N)CC(C)(C)C. The largest absolute Gasteiger partial charge is 0.306 e. The lowest BCUT2D eigenvalue weighted by atomic mass is 9.96. The molecule has 0 heterocycles. The van der Waals surface area contributed by atoms with Gasteiger partial charge in [-0.1, -0.05) is 20.8 Å². The van der Waals surface area contributed by atoms with Crippen LogP contribution in [-0.4, -0.2) is 25.0 Å². The van der Waals surface area contributed by atoms with E-state index in [-0.39, 0.29) is 0 Å². The van der Waals surface area contributed by atoms with Gasteiger partial charge in [0.15, 0.2) is 0 Å². The minimum atomic E-state index is 0.379. The molecule has 2 heteroatoms. The van der Waals surface area contributed by atoms with Gasteiger partial charge in [-0.2, -0.15) is 5.26 Å². The second-order valence-electron chi connectivity index (χ2n) is 4.91. The third-order valence-corrected chi connectivity index (χ3v) is 1.82. The van der Waals surface area contributed by atoms with Gasteiger partial charge in [-0.05, 0) is 31.8 Å². The van der Waals surface area contributed by atoms with E-state index < -0.39 is 0 Å². The summed E-state index contributed by atoms with van der Waals surface area (Å²) in [7, 11) is 2.15. The molecule has 0 rings (SSSR count). The third-order valence-electron chi connectivity index (χ3n) is 1.82. The summed E-state index contributed by atoms with van der Waals surface area (Å²) in [5, 5.41) is 8.35. The average Bonchev–Trinajstić information content (AvgIpc) is 1.94. The molecule has 0 atom stereocenters. The lowest BCUT2D eigenvalue weighted by Gasteiger charge is -2.26. The number of hydrogen-bond acceptors (Lipinski definition) is 2. The van der Waals surface area contributed by atoms with Crippen molar-refractivity contribution in [1.82, 2.24) is 4.90 Å². The quantitative estimate of drug-likeness (QED) is 0.611. The maximum Gasteiger partial charge on any atom is 0.0621 e. The summed E-state index contributed by atoms with van der Waals surface area (Å²) in [5.41, 5.74) is 0.379. The van der Waals surface area contributed by atoms with E-state index in [1.54, 1.807) is 0 Å². The number of hydrogen-bond donors (Lipinski definition) is 0. The number of unbranched alkanes of at least 4 members (excludes halogenated alkanes) is 2. The topological polar surface area (TPSA) is 27.0 Å². The molecule has 0 aliphatic rings. The van der Waals surface area contributed by atoms with Crippen molar-refractivity contribution in [3.05, 3.63) is 0 Å². The van der Waals surface area contributed by atoms with Crippen LogP contribution < -0.4 is 0 Å². The van der Waals surface area contributed by atoms with Gasteiger partial charge in [0.05, 0.1) is 6.07 Å². The van der Waals surface area contributed by atoms with E-state index >= 15 is 0 Å². The van der Waals surface area contributed by atoms with Crippen LogP contribution in [0.4, 0.5) is 0 Å². The molecule has 0 bridgehead atoms. The molecule has 0 aromatic rings. The minimum Gasteiger partial charge on any atom is -0.306 e. The summed E-state index contributed by atoms with van der Waals surface area (Å²) in [5.74, 6) is 0. The molecule has 0 aromatic heterocycles. The van der Waals surface area contributed by atoms with Crippen LogP contribution in [0, 0.1) is 16.7 Å². The molecule has 0 aliphatic carbocycles. The van der Waals surface area contributed by atoms with Gasteiger partial charge in [-0.25, -0.2) is 0 Å². The molecule has 0 spiro atoms. The van der Waals surface area contributed by atoms with Crippen LogP contribution >= 0.6 is 0 Å². The molecular weight excluding hydrogens is 160 g/mol. The summed E-state index contributed by atoms with van der Waals surface area (Å²) in [4.78, 5) is 2.34. The zero-order chi connectivity index (χ0) is 10.3. The van der Waals surface area contributed by atoms with Crippen LogP contribution in [0.25, 0.3) is 0 Å². The van der Waals surface area contributed by atoms with E-state index in [4.69, 9.17) is 5.26 Å². The fraction of sp³-hybridized carbons (Fsp3) is 0.909. The molecule has 0 radical (unpaired) electrons. The molecule has 0 aromatic carbocycles. The fourth-order valence-corrected chi connectivity index (χ4v) is 1.47. The average molecular weight is 182 g/mol. The van der Waals surface area contributed by atoms with Crippen LogP contribution in [0.2, 0.25) is 0 Å². The Morgan fingerprint density at radius 2 is 1.85 bits per heavy atom. The van der Waals surface area contributed by atoms with Crippen LogP contribution in [-0.2, 0) is 0 Å². The van der Waals surface area contributed by atoms with Gasteiger partial charge < -0.3 is 4.90 Å². The Bertz CT molecular complexity index is 162. The predicted octanol–water partition coefficient (Wildman–Crippen LogP) is 2.66. The second kappa shape index (κ2) is 5.99. The third kappa shape index (κ3) is 9.36. The first kappa shape index (κ1) is 12.4. The summed E-state index contributed by atoms with van der Waals surface area (Å²) in [6.45, 7) is 8.98. The van der Waals surface area contributed by atoms with E-state index in [0.717, 1.165) is 25.9 Å². The van der Waals surface area contributed by atoms with Crippen molar-refractivity contribution in [2.45, 2.75) is 40.0 Å². The van der Waals surface area contributed by atoms with E-state index in [1.807, 2.05) is 0 Å². The van der Waals surface area contributed by atoms with Crippen molar-refractivity contribution >= 4 is 0 Å². The highest BCUT2D eigenvalue weighted by molar-refractivity contribution is 4.70. The maximum absolute atomic E-state index is 8.35. The smallest absolute Gasteiger partial charge is 0.0621 e. The monoisotopic (exact) mass is 182 g/mol. The molecule has 76 valence electrons. The van der Waals surface area contributed by atoms with Gasteiger partial charge in [0, 0.05) is 13.0 Å². The van der Waals surface area contributed by atoms with Crippen molar-refractivity contribution in [2.24, 2.45) is 5.41 Å². The Morgan fingerprint density at radius 3 is 2.31 bits per heavy atom. The molecule has 0 amide bonds. The molecule has 0 N–H and O–H groups in total. The highest BCUT2D eigenvalue weighted by Gasteiger charge is 2.12. The fourth-order valence-electron chi connectivity index (χ4n) is 1.47. The van der Waals surface area contributed by atoms with Crippen molar-refractivity contribution in [2.75, 3.05) is 20.1 Å². The van der Waals surface area contributed by atoms with Crippen molar-refractivity contribution < 1.29 is 0 Å². The van der Waals surface area contributed by atoms with Crippen LogP contribution in [0.3, 0.4) is 0 Å². The van der Waals surface area contributed by atoms with Crippen LogP contribution in [0.5, 0.6) is 0 Å². The summed E-state index contributed by atoms with van der Waals surface area (Å²) < 4.78 is 0. The Balaban J connectivity index is 3.42. The zero-order valence-electron chi connectivity index (χ0n) is 9.43. The Hall–Kier alpha value is -0.550. The summed E-state index contributed by atoms with van der Waals surface area (Å²) in [6.07, 6.45) is 2.87. The molecule has 2 nitrogen and oxygen atoms in total. The Labute approximate surface area is 82.5 Å². The molecule has 0 unspecified atom stereocenters. The highest BCUT2D eigenvalue weighted by Crippen LogP contribution is 2.14. The molecule has 0 saturated carbocycles. The standard InChI is InChI=1S/C11H22N2/c1-11(2,3)10-13(4)9-7-5-6-8-12/h5-7,9-10H2,1-4H3. The zero-order valence-corrected chi connectivity index (χ0v) is 9.43. The highest BCUT2D eigenvalue weighted by atomic mass is 15.1. The number of nitrogens with zero attached hydrogens (tertiary/aromatic N) is 2. The number of rotatable bonds is 5. The van der Waals surface area contributed by atoms with Crippen molar-refractivity contribution in [1.29, 1.82) is 5.26 Å². The molecule has 0 aliphatic heterocycles. The second-order valence-corrected chi connectivity index (χ2v) is 4.91. The van der Waals surface area contributed by atoms with E-state index in [2.05, 4.69) is 38.8 Å². The Kier molecular flexibility index (Phi) is 5.73. The van der Waals surface area contributed by atoms with E-state index in [1.165, 1.54) is 0 Å². The number of nitriles is 1. The molecule has 0 saturated heterocycles. The predicted molar refractivity (Wildman–Crippen MR) is 56.4 cm³/mol. The maximum atomic E-state index is 8.35. The van der Waals surface area contributed by atoms with Gasteiger partial charge >= 0.3 is 0 Å². The summed E-state index contributed by atoms with van der Waals surface area (Å²) >= 11 is 0. The first-order valence-electron chi connectivity index (χ1n) is 5.01. The van der Waals surface area contributed by atoms with Gasteiger partial charge in [0.25, 0.3) is 0 Å². The van der Waals surface area contributed by atoms with Crippen LogP contribution in [0.15, 0.2) is 0 Å². The van der Waals surface area contributed by atoms with Gasteiger partial charge in [0.1, 0.15) is 0 Å². The van der Waals surface area contributed by atoms with Crippen molar-refractivity contribution in [3.63, 3.8) is 0 Å². The minimum absolute atomic E-state index is 0.379. The normalized spacial score (nSPS) is 11.7. The molecule has 13 heavy (non-hydrogen) atoms. The van der Waals surface area contributed by atoms with E-state index in [9.17, 15) is 0 Å². The van der Waals surface area contributed by atoms with Crippen molar-refractivity contribution in [3.8, 4) is 6.07 Å². The summed E-state index contributed by atoms with van der Waals surface area (Å²) in [6, 6.07) is 2.17. The first-order valence-corrected chi connectivity index (χ1v) is 5.01. The first-order chi connectivity index (χ1) is 5.95.